The fraction of sp³-hybridized carbons (Fsp3) is 0.794. The summed E-state index contributed by atoms with van der Waals surface area (Å²) in [5.74, 6) is -0.0648. The Balaban J connectivity index is 1.42. The Hall–Kier alpha value is -2.03. The van der Waals surface area contributed by atoms with Gasteiger partial charge in [-0.3, -0.25) is 9.59 Å². The van der Waals surface area contributed by atoms with E-state index in [0.717, 1.165) is 50.5 Å². The van der Waals surface area contributed by atoms with E-state index >= 15 is 0 Å². The van der Waals surface area contributed by atoms with Crippen LogP contribution in [-0.2, 0) is 23.8 Å². The van der Waals surface area contributed by atoms with Gasteiger partial charge < -0.3 is 24.2 Å². The number of carbonyl (C=O) groups is 3. The zero-order valence-electron chi connectivity index (χ0n) is 26.2. The Morgan fingerprint density at radius 2 is 1.83 bits per heavy atom. The predicted octanol–water partition coefficient (Wildman–Crippen LogP) is 5.76. The lowest BCUT2D eigenvalue weighted by molar-refractivity contribution is -0.200. The third kappa shape index (κ3) is 4.99. The number of hydrogen-bond acceptors (Lipinski definition) is 7. The maximum atomic E-state index is 14.4. The van der Waals surface area contributed by atoms with Gasteiger partial charge in [-0.15, -0.1) is 0 Å². The van der Waals surface area contributed by atoms with Gasteiger partial charge in [0, 0.05) is 29.8 Å². The molecule has 9 atom stereocenters. The summed E-state index contributed by atoms with van der Waals surface area (Å²) < 4.78 is 18.9. The summed E-state index contributed by atoms with van der Waals surface area (Å²) in [6, 6.07) is 0. The van der Waals surface area contributed by atoms with Gasteiger partial charge in [-0.05, 0) is 68.9 Å². The van der Waals surface area contributed by atoms with Crippen molar-refractivity contribution < 1.29 is 33.7 Å². The number of nitrogens with zero attached hydrogens (tertiary/aromatic N) is 1. The first-order chi connectivity index (χ1) is 20.1. The lowest BCUT2D eigenvalue weighted by atomic mass is 9.46. The summed E-state index contributed by atoms with van der Waals surface area (Å²) in [5.41, 5.74) is -1.26. The lowest BCUT2D eigenvalue weighted by Crippen LogP contribution is -2.63. The summed E-state index contributed by atoms with van der Waals surface area (Å²) in [6.45, 7) is 11.3. The van der Waals surface area contributed by atoms with Crippen LogP contribution in [0.4, 0.5) is 4.79 Å². The molecule has 0 aromatic rings. The van der Waals surface area contributed by atoms with E-state index in [9.17, 15) is 19.5 Å². The molecule has 0 aromatic heterocycles. The van der Waals surface area contributed by atoms with Crippen LogP contribution in [-0.4, -0.2) is 71.5 Å². The van der Waals surface area contributed by atoms with Crippen LogP contribution in [0.2, 0.25) is 0 Å². The third-order valence-electron chi connectivity index (χ3n) is 11.4. The van der Waals surface area contributed by atoms with Crippen molar-refractivity contribution in [1.82, 2.24) is 4.90 Å². The zero-order chi connectivity index (χ0) is 30.3. The molecule has 1 saturated heterocycles. The topological polar surface area (TPSA) is 102 Å². The minimum absolute atomic E-state index is 0.0114. The molecule has 1 N–H and O–H groups in total. The number of hydrogen-bond donors (Lipinski definition) is 1. The van der Waals surface area contributed by atoms with Gasteiger partial charge in [-0.2, -0.15) is 0 Å². The van der Waals surface area contributed by atoms with Crippen molar-refractivity contribution in [2.75, 3.05) is 19.7 Å². The largest absolute Gasteiger partial charge is 0.441 e. The van der Waals surface area contributed by atoms with Crippen molar-refractivity contribution in [2.24, 2.45) is 28.6 Å². The van der Waals surface area contributed by atoms with Gasteiger partial charge >= 0.3 is 6.09 Å². The van der Waals surface area contributed by atoms with Crippen molar-refractivity contribution in [3.63, 3.8) is 0 Å². The zero-order valence-corrected chi connectivity index (χ0v) is 26.2. The first kappa shape index (κ1) is 31.4. The number of unbranched alkanes of at least 4 members (excludes halogenated alkanes) is 2. The highest BCUT2D eigenvalue weighted by atomic mass is 16.7. The quantitative estimate of drug-likeness (QED) is 0.329. The van der Waals surface area contributed by atoms with Gasteiger partial charge in [0.05, 0.1) is 12.2 Å². The standard InChI is InChI=1S/C34H51NO7/c1-6-9-16-35(17-10-7-2)31(39)40-21-27(38)34-28(41-29(42-34)11-8-3)19-25-24-13-12-22-18-23(36)14-15-32(22,4)30(24)26(37)20-33(25,34)5/h14-15,18,24-26,28-30,37H,6-13,16-17,19-21H2,1-5H3/t24-,25-,26-,28+,29+,30+,32-,33-,34+/m0/s1. The fourth-order valence-electron chi connectivity index (χ4n) is 9.32. The molecule has 1 amide bonds. The summed E-state index contributed by atoms with van der Waals surface area (Å²) in [4.78, 5) is 41.4. The van der Waals surface area contributed by atoms with Gasteiger partial charge in [-0.1, -0.05) is 65.5 Å². The van der Waals surface area contributed by atoms with Crippen molar-refractivity contribution >= 4 is 17.7 Å². The van der Waals surface area contributed by atoms with E-state index in [-0.39, 0.29) is 35.9 Å². The number of fused-ring (bicyclic) bond motifs is 7. The van der Waals surface area contributed by atoms with Crippen LogP contribution < -0.4 is 0 Å². The van der Waals surface area contributed by atoms with Crippen molar-refractivity contribution in [3.05, 3.63) is 23.8 Å². The summed E-state index contributed by atoms with van der Waals surface area (Å²) in [7, 11) is 0. The molecule has 1 heterocycles. The molecule has 0 unspecified atom stereocenters. The summed E-state index contributed by atoms with van der Waals surface area (Å²) in [6.07, 6.45) is 11.2. The van der Waals surface area contributed by atoms with E-state index < -0.39 is 41.0 Å². The summed E-state index contributed by atoms with van der Waals surface area (Å²) >= 11 is 0. The molecule has 234 valence electrons. The minimum atomic E-state index is -1.28. The number of ether oxygens (including phenoxy) is 3. The Morgan fingerprint density at radius 3 is 2.50 bits per heavy atom. The lowest BCUT2D eigenvalue weighted by Gasteiger charge is -2.59. The molecule has 42 heavy (non-hydrogen) atoms. The Bertz CT molecular complexity index is 1110. The van der Waals surface area contributed by atoms with Crippen LogP contribution >= 0.6 is 0 Å². The Kier molecular flexibility index (Phi) is 9.09. The molecule has 1 aliphatic heterocycles. The van der Waals surface area contributed by atoms with Gasteiger partial charge in [-0.25, -0.2) is 4.79 Å². The highest BCUT2D eigenvalue weighted by Crippen LogP contribution is 2.69. The first-order valence-electron chi connectivity index (χ1n) is 16.5. The van der Waals surface area contributed by atoms with Gasteiger partial charge in [0.2, 0.25) is 5.78 Å². The highest BCUT2D eigenvalue weighted by molar-refractivity contribution is 6.01. The summed E-state index contributed by atoms with van der Waals surface area (Å²) in [5, 5.41) is 11.9. The van der Waals surface area contributed by atoms with E-state index in [0.29, 0.717) is 32.4 Å². The van der Waals surface area contributed by atoms with E-state index in [1.807, 2.05) is 6.08 Å². The molecule has 0 aromatic carbocycles. The molecule has 4 fully saturated rings. The van der Waals surface area contributed by atoms with Crippen LogP contribution in [0.15, 0.2) is 23.8 Å². The highest BCUT2D eigenvalue weighted by Gasteiger charge is 2.75. The average Bonchev–Trinajstić information content (AvgIpc) is 3.44. The number of amides is 1. The van der Waals surface area contributed by atoms with E-state index in [1.54, 1.807) is 17.1 Å². The van der Waals surface area contributed by atoms with Crippen LogP contribution in [0, 0.1) is 28.6 Å². The molecule has 4 aliphatic carbocycles. The molecular weight excluding hydrogens is 534 g/mol. The normalized spacial score (nSPS) is 40.0. The molecular formula is C34H51NO7. The number of aliphatic hydroxyl groups is 1. The van der Waals surface area contributed by atoms with Crippen LogP contribution in [0.1, 0.15) is 98.8 Å². The average molecular weight is 586 g/mol. The fourth-order valence-corrected chi connectivity index (χ4v) is 9.32. The van der Waals surface area contributed by atoms with Crippen LogP contribution in [0.3, 0.4) is 0 Å². The maximum absolute atomic E-state index is 14.4. The smallest absolute Gasteiger partial charge is 0.410 e. The maximum Gasteiger partial charge on any atom is 0.410 e. The van der Waals surface area contributed by atoms with Gasteiger partial charge in [0.1, 0.15) is 0 Å². The van der Waals surface area contributed by atoms with E-state index in [4.69, 9.17) is 14.2 Å². The number of rotatable bonds is 11. The number of Topliss-reactive ketones (excluding diaryl/α,β-unsaturated/α-hetero) is 1. The monoisotopic (exact) mass is 585 g/mol. The minimum Gasteiger partial charge on any atom is -0.441 e. The molecule has 0 bridgehead atoms. The second-order valence-electron chi connectivity index (χ2n) is 13.8. The van der Waals surface area contributed by atoms with Crippen molar-refractivity contribution in [1.29, 1.82) is 0 Å². The number of allylic oxidation sites excluding steroid dienone is 4. The second kappa shape index (κ2) is 12.2. The van der Waals surface area contributed by atoms with Crippen molar-refractivity contribution in [2.45, 2.75) is 123 Å². The van der Waals surface area contributed by atoms with Gasteiger partial charge in [0.15, 0.2) is 24.3 Å². The first-order valence-corrected chi connectivity index (χ1v) is 16.5. The molecule has 5 rings (SSSR count). The van der Waals surface area contributed by atoms with Crippen LogP contribution in [0.5, 0.6) is 0 Å². The van der Waals surface area contributed by atoms with E-state index in [2.05, 4.69) is 34.6 Å². The SMILES string of the molecule is CCCCN(CCCC)C(=O)OCC(=O)[C@@]12O[C@H](CCC)O[C@@H]1C[C@H]1[C@@H]3CCC4=CC(=O)C=C[C@]4(C)[C@H]3[C@@H](O)C[C@@]12C. The second-order valence-corrected chi connectivity index (χ2v) is 13.8. The Labute approximate surface area is 251 Å². The third-order valence-corrected chi connectivity index (χ3v) is 11.4. The Morgan fingerprint density at radius 1 is 1.12 bits per heavy atom. The molecule has 5 aliphatic rings. The van der Waals surface area contributed by atoms with E-state index in [1.165, 1.54) is 0 Å². The van der Waals surface area contributed by atoms with Crippen molar-refractivity contribution in [3.8, 4) is 0 Å². The molecule has 3 saturated carbocycles. The molecule has 0 radical (unpaired) electrons. The number of ketones is 2. The number of carbonyl (C=O) groups excluding carboxylic acids is 3. The molecule has 8 nitrogen and oxygen atoms in total. The van der Waals surface area contributed by atoms with Gasteiger partial charge in [0.25, 0.3) is 0 Å². The number of aliphatic hydroxyl groups excluding tert-OH is 1. The molecule has 0 spiro atoms. The molecule has 8 heteroatoms. The predicted molar refractivity (Wildman–Crippen MR) is 159 cm³/mol. The van der Waals surface area contributed by atoms with Crippen LogP contribution in [0.25, 0.3) is 0 Å².